The van der Waals surface area contributed by atoms with Crippen molar-refractivity contribution >= 4 is 11.7 Å². The van der Waals surface area contributed by atoms with Crippen molar-refractivity contribution in [2.24, 2.45) is 0 Å². The quantitative estimate of drug-likeness (QED) is 0.753. The Balaban J connectivity index is 2.34. The van der Waals surface area contributed by atoms with E-state index >= 15 is 0 Å². The van der Waals surface area contributed by atoms with Gasteiger partial charge < -0.3 is 14.7 Å². The van der Waals surface area contributed by atoms with Crippen LogP contribution in [-0.4, -0.2) is 26.5 Å². The summed E-state index contributed by atoms with van der Waals surface area (Å²) in [5.74, 6) is 0.603. The predicted molar refractivity (Wildman–Crippen MR) is 57.5 cm³/mol. The lowest BCUT2D eigenvalue weighted by atomic mass is 10.2. The third-order valence-electron chi connectivity index (χ3n) is 2.18. The van der Waals surface area contributed by atoms with E-state index in [2.05, 4.69) is 15.5 Å². The highest BCUT2D eigenvalue weighted by molar-refractivity contribution is 5.83. The zero-order valence-corrected chi connectivity index (χ0v) is 9.56. The highest BCUT2D eigenvalue weighted by Gasteiger charge is 2.06. The lowest BCUT2D eigenvalue weighted by Crippen LogP contribution is -2.24. The summed E-state index contributed by atoms with van der Waals surface area (Å²) in [6.45, 7) is 4.57. The molecule has 0 fully saturated rings. The number of Topliss-reactive ketones (excluding diaryl/α,β-unsaturated/α-hetero) is 1. The molecule has 0 spiro atoms. The maximum Gasteiger partial charge on any atom is 0.220 e. The summed E-state index contributed by atoms with van der Waals surface area (Å²) in [6.07, 6.45) is 2.14. The number of rotatable bonds is 6. The van der Waals surface area contributed by atoms with E-state index in [9.17, 15) is 9.59 Å². The molecule has 1 rings (SSSR count). The van der Waals surface area contributed by atoms with Crippen molar-refractivity contribution in [2.75, 3.05) is 0 Å². The molecule has 1 aromatic rings. The molecule has 0 atom stereocenters. The first-order valence-electron chi connectivity index (χ1n) is 5.26. The molecule has 1 aromatic heterocycles. The summed E-state index contributed by atoms with van der Waals surface area (Å²) in [4.78, 5) is 22.0. The molecule has 0 aliphatic carbocycles. The number of carbonyl (C=O) groups is 2. The van der Waals surface area contributed by atoms with E-state index < -0.39 is 0 Å². The second kappa shape index (κ2) is 5.99. The van der Waals surface area contributed by atoms with Crippen LogP contribution in [0.3, 0.4) is 0 Å². The Morgan fingerprint density at radius 2 is 2.19 bits per heavy atom. The molecule has 1 N–H and O–H groups in total. The molecule has 0 aromatic carbocycles. The summed E-state index contributed by atoms with van der Waals surface area (Å²) >= 11 is 0. The molecule has 0 saturated carbocycles. The number of aromatic nitrogens is 3. The molecular weight excluding hydrogens is 208 g/mol. The van der Waals surface area contributed by atoms with Crippen molar-refractivity contribution in [3.8, 4) is 0 Å². The van der Waals surface area contributed by atoms with Crippen LogP contribution in [0.2, 0.25) is 0 Å². The smallest absolute Gasteiger partial charge is 0.220 e. The Labute approximate surface area is 94.1 Å². The van der Waals surface area contributed by atoms with Crippen molar-refractivity contribution in [3.05, 3.63) is 12.2 Å². The van der Waals surface area contributed by atoms with Gasteiger partial charge in [0.25, 0.3) is 0 Å². The summed E-state index contributed by atoms with van der Waals surface area (Å²) in [5.41, 5.74) is 0. The Kier molecular flexibility index (Phi) is 4.63. The second-order valence-corrected chi connectivity index (χ2v) is 3.51. The van der Waals surface area contributed by atoms with E-state index in [1.807, 2.05) is 11.5 Å². The zero-order valence-electron chi connectivity index (χ0n) is 9.56. The van der Waals surface area contributed by atoms with E-state index in [0.717, 1.165) is 12.4 Å². The summed E-state index contributed by atoms with van der Waals surface area (Å²) in [7, 11) is 0. The molecule has 0 radical (unpaired) electrons. The van der Waals surface area contributed by atoms with E-state index in [0.29, 0.717) is 6.54 Å². The fourth-order valence-electron chi connectivity index (χ4n) is 1.24. The van der Waals surface area contributed by atoms with Crippen LogP contribution in [0.25, 0.3) is 0 Å². The van der Waals surface area contributed by atoms with Gasteiger partial charge in [-0.1, -0.05) is 0 Å². The highest BCUT2D eigenvalue weighted by atomic mass is 16.2. The summed E-state index contributed by atoms with van der Waals surface area (Å²) < 4.78 is 1.85. The predicted octanol–water partition coefficient (Wildman–Crippen LogP) is 0.283. The lowest BCUT2D eigenvalue weighted by molar-refractivity contribution is -0.124. The zero-order chi connectivity index (χ0) is 12.0. The van der Waals surface area contributed by atoms with Gasteiger partial charge in [0.15, 0.2) is 5.82 Å². The molecule has 0 aliphatic heterocycles. The molecule has 0 unspecified atom stereocenters. The first-order chi connectivity index (χ1) is 7.63. The van der Waals surface area contributed by atoms with Crippen LogP contribution in [0.5, 0.6) is 0 Å². The summed E-state index contributed by atoms with van der Waals surface area (Å²) in [6, 6.07) is 0. The SMILES string of the molecule is CCn1cnnc1CNC(=O)CCC(C)=O. The topological polar surface area (TPSA) is 76.9 Å². The number of aryl methyl sites for hydroxylation is 1. The first-order valence-corrected chi connectivity index (χ1v) is 5.26. The highest BCUT2D eigenvalue weighted by Crippen LogP contribution is 1.95. The van der Waals surface area contributed by atoms with Crippen LogP contribution in [-0.2, 0) is 22.7 Å². The molecule has 0 bridgehead atoms. The average Bonchev–Trinajstić information content (AvgIpc) is 2.70. The minimum atomic E-state index is -0.138. The van der Waals surface area contributed by atoms with Gasteiger partial charge in [-0.15, -0.1) is 10.2 Å². The van der Waals surface area contributed by atoms with Gasteiger partial charge in [-0.25, -0.2) is 0 Å². The number of ketones is 1. The van der Waals surface area contributed by atoms with Crippen molar-refractivity contribution in [1.29, 1.82) is 0 Å². The number of amides is 1. The Morgan fingerprint density at radius 1 is 1.44 bits per heavy atom. The monoisotopic (exact) mass is 224 g/mol. The van der Waals surface area contributed by atoms with E-state index in [1.165, 1.54) is 6.92 Å². The number of nitrogens with one attached hydrogen (secondary N) is 1. The molecule has 0 aliphatic rings. The van der Waals surface area contributed by atoms with Crippen molar-refractivity contribution in [3.63, 3.8) is 0 Å². The van der Waals surface area contributed by atoms with E-state index in [-0.39, 0.29) is 24.5 Å². The Morgan fingerprint density at radius 3 is 2.81 bits per heavy atom. The third-order valence-corrected chi connectivity index (χ3v) is 2.18. The molecule has 16 heavy (non-hydrogen) atoms. The van der Waals surface area contributed by atoms with Crippen LogP contribution in [0, 0.1) is 0 Å². The fourth-order valence-corrected chi connectivity index (χ4v) is 1.24. The largest absolute Gasteiger partial charge is 0.349 e. The first kappa shape index (κ1) is 12.4. The van der Waals surface area contributed by atoms with Crippen LogP contribution >= 0.6 is 0 Å². The van der Waals surface area contributed by atoms with Crippen molar-refractivity contribution in [2.45, 2.75) is 39.8 Å². The Bertz CT molecular complexity index is 373. The molecule has 0 saturated heterocycles. The van der Waals surface area contributed by atoms with Gasteiger partial charge >= 0.3 is 0 Å². The van der Waals surface area contributed by atoms with Gasteiger partial charge in [-0.2, -0.15) is 0 Å². The number of nitrogens with zero attached hydrogens (tertiary/aromatic N) is 3. The van der Waals surface area contributed by atoms with Gasteiger partial charge in [-0.3, -0.25) is 4.79 Å². The van der Waals surface area contributed by atoms with E-state index in [4.69, 9.17) is 0 Å². The molecule has 6 nitrogen and oxygen atoms in total. The molecule has 1 heterocycles. The van der Waals surface area contributed by atoms with Crippen molar-refractivity contribution < 1.29 is 9.59 Å². The van der Waals surface area contributed by atoms with Crippen LogP contribution < -0.4 is 5.32 Å². The van der Waals surface area contributed by atoms with Crippen LogP contribution in [0.1, 0.15) is 32.5 Å². The molecular formula is C10H16N4O2. The van der Waals surface area contributed by atoms with Gasteiger partial charge in [0, 0.05) is 19.4 Å². The molecule has 88 valence electrons. The average molecular weight is 224 g/mol. The number of hydrogen-bond donors (Lipinski definition) is 1. The van der Waals surface area contributed by atoms with Gasteiger partial charge in [0.05, 0.1) is 6.54 Å². The van der Waals surface area contributed by atoms with Gasteiger partial charge in [0.1, 0.15) is 12.1 Å². The van der Waals surface area contributed by atoms with Crippen LogP contribution in [0.15, 0.2) is 6.33 Å². The normalized spacial score (nSPS) is 10.1. The maximum absolute atomic E-state index is 11.3. The van der Waals surface area contributed by atoms with Gasteiger partial charge in [-0.05, 0) is 13.8 Å². The van der Waals surface area contributed by atoms with E-state index in [1.54, 1.807) is 6.33 Å². The minimum Gasteiger partial charge on any atom is -0.349 e. The standard InChI is InChI=1S/C10H16N4O2/c1-3-14-7-12-13-9(14)6-11-10(16)5-4-8(2)15/h7H,3-6H2,1-2H3,(H,11,16). The third kappa shape index (κ3) is 3.80. The molecule has 6 heteroatoms. The Hall–Kier alpha value is -1.72. The van der Waals surface area contributed by atoms with Crippen LogP contribution in [0.4, 0.5) is 0 Å². The number of carbonyl (C=O) groups excluding carboxylic acids is 2. The second-order valence-electron chi connectivity index (χ2n) is 3.51. The lowest BCUT2D eigenvalue weighted by Gasteiger charge is -2.05. The number of hydrogen-bond acceptors (Lipinski definition) is 4. The fraction of sp³-hybridized carbons (Fsp3) is 0.600. The molecule has 1 amide bonds. The van der Waals surface area contributed by atoms with Crippen molar-refractivity contribution in [1.82, 2.24) is 20.1 Å². The maximum atomic E-state index is 11.3. The summed E-state index contributed by atoms with van der Waals surface area (Å²) in [5, 5.41) is 10.3. The minimum absolute atomic E-state index is 0.0203. The van der Waals surface area contributed by atoms with Gasteiger partial charge in [0.2, 0.25) is 5.91 Å².